The van der Waals surface area contributed by atoms with Crippen molar-refractivity contribution < 1.29 is 4.74 Å². The van der Waals surface area contributed by atoms with E-state index in [0.29, 0.717) is 12.2 Å². The standard InChI is InChI=1S/C18H14N2O/c1-14(17(11-19)12-20)16-7-9-18(10-8-16)21-13-15-5-3-2-4-6-15/h2-10H,13H2,1H3. The molecule has 0 amide bonds. The lowest BCUT2D eigenvalue weighted by Crippen LogP contribution is -1.95. The fourth-order valence-corrected chi connectivity index (χ4v) is 1.88. The summed E-state index contributed by atoms with van der Waals surface area (Å²) in [6, 6.07) is 21.1. The van der Waals surface area contributed by atoms with Crippen molar-refractivity contribution in [3.63, 3.8) is 0 Å². The van der Waals surface area contributed by atoms with E-state index in [4.69, 9.17) is 15.3 Å². The summed E-state index contributed by atoms with van der Waals surface area (Å²) < 4.78 is 5.69. The number of rotatable bonds is 4. The zero-order valence-electron chi connectivity index (χ0n) is 11.7. The van der Waals surface area contributed by atoms with E-state index in [-0.39, 0.29) is 5.57 Å². The summed E-state index contributed by atoms with van der Waals surface area (Å²) in [6.45, 7) is 2.28. The number of nitrogens with zero attached hydrogens (tertiary/aromatic N) is 2. The van der Waals surface area contributed by atoms with Crippen molar-refractivity contribution in [2.24, 2.45) is 0 Å². The van der Waals surface area contributed by atoms with Crippen LogP contribution >= 0.6 is 0 Å². The highest BCUT2D eigenvalue weighted by Crippen LogP contribution is 2.21. The highest BCUT2D eigenvalue weighted by atomic mass is 16.5. The summed E-state index contributed by atoms with van der Waals surface area (Å²) in [5.74, 6) is 0.755. The van der Waals surface area contributed by atoms with E-state index in [1.165, 1.54) is 0 Å². The molecule has 0 unspecified atom stereocenters. The van der Waals surface area contributed by atoms with Crippen LogP contribution in [-0.2, 0) is 6.61 Å². The Kier molecular flexibility index (Phi) is 4.75. The molecule has 0 aliphatic heterocycles. The van der Waals surface area contributed by atoms with Crippen LogP contribution < -0.4 is 4.74 Å². The van der Waals surface area contributed by atoms with E-state index in [1.807, 2.05) is 66.7 Å². The average molecular weight is 274 g/mol. The Balaban J connectivity index is 2.08. The van der Waals surface area contributed by atoms with Crippen LogP contribution in [0.4, 0.5) is 0 Å². The third-order valence-electron chi connectivity index (χ3n) is 3.13. The molecule has 3 nitrogen and oxygen atoms in total. The molecule has 2 aromatic carbocycles. The van der Waals surface area contributed by atoms with Crippen LogP contribution in [0.2, 0.25) is 0 Å². The molecule has 0 spiro atoms. The molecule has 0 heterocycles. The van der Waals surface area contributed by atoms with Gasteiger partial charge in [0.15, 0.2) is 0 Å². The maximum atomic E-state index is 8.87. The Labute approximate surface area is 124 Å². The van der Waals surface area contributed by atoms with Gasteiger partial charge in [0, 0.05) is 0 Å². The van der Waals surface area contributed by atoms with Gasteiger partial charge in [0.1, 0.15) is 30.1 Å². The second-order valence-electron chi connectivity index (χ2n) is 4.52. The monoisotopic (exact) mass is 274 g/mol. The highest BCUT2D eigenvalue weighted by molar-refractivity contribution is 5.73. The van der Waals surface area contributed by atoms with Gasteiger partial charge in [-0.1, -0.05) is 42.5 Å². The van der Waals surface area contributed by atoms with Crippen LogP contribution in [0, 0.1) is 22.7 Å². The number of allylic oxidation sites excluding steroid dienone is 2. The van der Waals surface area contributed by atoms with Crippen molar-refractivity contribution in [2.75, 3.05) is 0 Å². The van der Waals surface area contributed by atoms with Gasteiger partial charge in [0.05, 0.1) is 0 Å². The molecule has 0 saturated carbocycles. The second kappa shape index (κ2) is 6.93. The molecule has 0 aliphatic rings. The van der Waals surface area contributed by atoms with Crippen LogP contribution in [-0.4, -0.2) is 0 Å². The van der Waals surface area contributed by atoms with Crippen molar-refractivity contribution in [2.45, 2.75) is 13.5 Å². The molecule has 3 heteroatoms. The van der Waals surface area contributed by atoms with Gasteiger partial charge in [-0.05, 0) is 35.8 Å². The van der Waals surface area contributed by atoms with Gasteiger partial charge in [0.2, 0.25) is 0 Å². The first kappa shape index (κ1) is 14.4. The van der Waals surface area contributed by atoms with Gasteiger partial charge in [-0.15, -0.1) is 0 Å². The quantitative estimate of drug-likeness (QED) is 0.789. The van der Waals surface area contributed by atoms with Crippen molar-refractivity contribution in [3.05, 3.63) is 71.3 Å². The number of benzene rings is 2. The molecule has 2 aromatic rings. The Morgan fingerprint density at radius 2 is 1.57 bits per heavy atom. The van der Waals surface area contributed by atoms with Crippen molar-refractivity contribution in [3.8, 4) is 17.9 Å². The first-order valence-electron chi connectivity index (χ1n) is 6.53. The normalized spacial score (nSPS) is 9.29. The fraction of sp³-hybridized carbons (Fsp3) is 0.111. The van der Waals surface area contributed by atoms with Crippen LogP contribution in [0.15, 0.2) is 60.2 Å². The summed E-state index contributed by atoms with van der Waals surface area (Å²) in [6.07, 6.45) is 0. The van der Waals surface area contributed by atoms with E-state index < -0.39 is 0 Å². The van der Waals surface area contributed by atoms with Gasteiger partial charge in [0.25, 0.3) is 0 Å². The van der Waals surface area contributed by atoms with Gasteiger partial charge in [-0.3, -0.25) is 0 Å². The molecule has 0 saturated heterocycles. The predicted molar refractivity (Wildman–Crippen MR) is 81.0 cm³/mol. The molecule has 0 fully saturated rings. The van der Waals surface area contributed by atoms with E-state index in [9.17, 15) is 0 Å². The summed E-state index contributed by atoms with van der Waals surface area (Å²) in [4.78, 5) is 0. The van der Waals surface area contributed by atoms with Crippen LogP contribution in [0.1, 0.15) is 18.1 Å². The SMILES string of the molecule is CC(=C(C#N)C#N)c1ccc(OCc2ccccc2)cc1. The Hall–Kier alpha value is -3.04. The molecule has 0 N–H and O–H groups in total. The van der Waals surface area contributed by atoms with Gasteiger partial charge in [-0.25, -0.2) is 0 Å². The van der Waals surface area contributed by atoms with Gasteiger partial charge >= 0.3 is 0 Å². The molecule has 0 radical (unpaired) electrons. The largest absolute Gasteiger partial charge is 0.489 e. The number of hydrogen-bond acceptors (Lipinski definition) is 3. The van der Waals surface area contributed by atoms with Crippen molar-refractivity contribution in [1.29, 1.82) is 10.5 Å². The third-order valence-corrected chi connectivity index (χ3v) is 3.13. The van der Waals surface area contributed by atoms with Gasteiger partial charge < -0.3 is 4.74 Å². The molecule has 0 atom stereocenters. The Morgan fingerprint density at radius 3 is 2.14 bits per heavy atom. The topological polar surface area (TPSA) is 56.8 Å². The molecule has 0 aromatic heterocycles. The fourth-order valence-electron chi connectivity index (χ4n) is 1.88. The zero-order valence-corrected chi connectivity index (χ0v) is 11.7. The van der Waals surface area contributed by atoms with E-state index >= 15 is 0 Å². The van der Waals surface area contributed by atoms with Crippen molar-refractivity contribution in [1.82, 2.24) is 0 Å². The van der Waals surface area contributed by atoms with Crippen LogP contribution in [0.5, 0.6) is 5.75 Å². The lowest BCUT2D eigenvalue weighted by Gasteiger charge is -2.07. The average Bonchev–Trinajstić information content (AvgIpc) is 2.55. The molecule has 2 rings (SSSR count). The lowest BCUT2D eigenvalue weighted by atomic mass is 10.0. The van der Waals surface area contributed by atoms with E-state index in [0.717, 1.165) is 16.9 Å². The van der Waals surface area contributed by atoms with Crippen LogP contribution in [0.25, 0.3) is 5.57 Å². The molecular weight excluding hydrogens is 260 g/mol. The third kappa shape index (κ3) is 3.72. The summed E-state index contributed by atoms with van der Waals surface area (Å²) in [7, 11) is 0. The molecule has 21 heavy (non-hydrogen) atoms. The maximum absolute atomic E-state index is 8.87. The van der Waals surface area contributed by atoms with E-state index in [1.54, 1.807) is 6.92 Å². The number of nitriles is 2. The van der Waals surface area contributed by atoms with Crippen LogP contribution in [0.3, 0.4) is 0 Å². The summed E-state index contributed by atoms with van der Waals surface area (Å²) in [5, 5.41) is 17.7. The number of hydrogen-bond donors (Lipinski definition) is 0. The highest BCUT2D eigenvalue weighted by Gasteiger charge is 2.04. The Morgan fingerprint density at radius 1 is 0.952 bits per heavy atom. The Bertz CT molecular complexity index is 701. The smallest absolute Gasteiger partial charge is 0.133 e. The number of ether oxygens (including phenoxy) is 1. The molecule has 0 aliphatic carbocycles. The summed E-state index contributed by atoms with van der Waals surface area (Å²) in [5.41, 5.74) is 2.76. The van der Waals surface area contributed by atoms with E-state index in [2.05, 4.69) is 0 Å². The van der Waals surface area contributed by atoms with Gasteiger partial charge in [-0.2, -0.15) is 10.5 Å². The van der Waals surface area contributed by atoms with Crippen molar-refractivity contribution >= 4 is 5.57 Å². The minimum absolute atomic E-state index is 0.132. The molecule has 102 valence electrons. The molecule has 0 bridgehead atoms. The second-order valence-corrected chi connectivity index (χ2v) is 4.52. The predicted octanol–water partition coefficient (Wildman–Crippen LogP) is 4.09. The maximum Gasteiger partial charge on any atom is 0.133 e. The summed E-state index contributed by atoms with van der Waals surface area (Å²) >= 11 is 0. The zero-order chi connectivity index (χ0) is 15.1. The molecular formula is C18H14N2O. The lowest BCUT2D eigenvalue weighted by molar-refractivity contribution is 0.306. The minimum atomic E-state index is 0.132. The first-order chi connectivity index (χ1) is 10.2. The first-order valence-corrected chi connectivity index (χ1v) is 6.53. The minimum Gasteiger partial charge on any atom is -0.489 e.